The maximum absolute atomic E-state index is 12.1. The van der Waals surface area contributed by atoms with Crippen LogP contribution in [0, 0.1) is 0 Å². The normalized spacial score (nSPS) is 22.4. The summed E-state index contributed by atoms with van der Waals surface area (Å²) < 4.78 is 5.64. The van der Waals surface area contributed by atoms with Crippen LogP contribution in [0.5, 0.6) is 0 Å². The molecule has 2 nitrogen and oxygen atoms in total. The summed E-state index contributed by atoms with van der Waals surface area (Å²) >= 11 is 3.73. The zero-order chi connectivity index (χ0) is 13.7. The summed E-state index contributed by atoms with van der Waals surface area (Å²) in [7, 11) is 0. The second-order valence-electron chi connectivity index (χ2n) is 4.98. The molecule has 104 valence electrons. The molecule has 1 aromatic carbocycles. The van der Waals surface area contributed by atoms with Crippen LogP contribution in [-0.2, 0) is 10.5 Å². The van der Waals surface area contributed by atoms with Crippen molar-refractivity contribution in [2.24, 2.45) is 0 Å². The van der Waals surface area contributed by atoms with E-state index in [0.29, 0.717) is 5.56 Å². The Morgan fingerprint density at radius 1 is 1.42 bits per heavy atom. The summed E-state index contributed by atoms with van der Waals surface area (Å²) in [5.41, 5.74) is 1.63. The molecule has 1 aliphatic rings. The number of thioether (sulfide) groups is 2. The lowest BCUT2D eigenvalue weighted by molar-refractivity contribution is 0.00246. The van der Waals surface area contributed by atoms with Crippen LogP contribution in [0.15, 0.2) is 24.3 Å². The van der Waals surface area contributed by atoms with Crippen LogP contribution in [0.1, 0.15) is 36.2 Å². The van der Waals surface area contributed by atoms with Gasteiger partial charge in [0.2, 0.25) is 0 Å². The summed E-state index contributed by atoms with van der Waals surface area (Å²) in [6.45, 7) is 4.17. The summed E-state index contributed by atoms with van der Waals surface area (Å²) in [5, 5.41) is 0. The van der Waals surface area contributed by atoms with Crippen LogP contribution in [0.3, 0.4) is 0 Å². The largest absolute Gasteiger partial charge is 0.455 e. The van der Waals surface area contributed by atoms with Crippen LogP contribution < -0.4 is 0 Å². The molecular formula is C15H20O2S2. The molecule has 19 heavy (non-hydrogen) atoms. The number of esters is 1. The first kappa shape index (κ1) is 14.8. The van der Waals surface area contributed by atoms with Crippen molar-refractivity contribution in [3.05, 3.63) is 35.4 Å². The van der Waals surface area contributed by atoms with Gasteiger partial charge in [-0.15, -0.1) is 0 Å². The van der Waals surface area contributed by atoms with Gasteiger partial charge in [-0.05, 0) is 42.5 Å². The van der Waals surface area contributed by atoms with E-state index in [2.05, 4.69) is 6.92 Å². The maximum atomic E-state index is 12.1. The fourth-order valence-corrected chi connectivity index (χ4v) is 3.96. The smallest absolute Gasteiger partial charge is 0.338 e. The van der Waals surface area contributed by atoms with Crippen molar-refractivity contribution in [3.63, 3.8) is 0 Å². The first-order valence-corrected chi connectivity index (χ1v) is 8.92. The molecule has 0 aromatic heterocycles. The van der Waals surface area contributed by atoms with Gasteiger partial charge in [0.05, 0.1) is 5.56 Å². The zero-order valence-corrected chi connectivity index (χ0v) is 13.1. The third-order valence-corrected chi connectivity index (χ3v) is 5.44. The molecular weight excluding hydrogens is 276 g/mol. The van der Waals surface area contributed by atoms with Gasteiger partial charge in [-0.2, -0.15) is 23.5 Å². The third-order valence-electron chi connectivity index (χ3n) is 3.18. The first-order chi connectivity index (χ1) is 9.13. The fourth-order valence-electron chi connectivity index (χ4n) is 1.97. The van der Waals surface area contributed by atoms with Gasteiger partial charge in [0, 0.05) is 11.5 Å². The predicted octanol–water partition coefficient (Wildman–Crippen LogP) is 3.99. The molecule has 1 aliphatic heterocycles. The topological polar surface area (TPSA) is 26.3 Å². The number of benzene rings is 1. The van der Waals surface area contributed by atoms with E-state index in [1.165, 1.54) is 5.56 Å². The molecule has 1 heterocycles. The van der Waals surface area contributed by atoms with Crippen molar-refractivity contribution in [1.82, 2.24) is 0 Å². The molecule has 1 aromatic rings. The standard InChI is InChI=1S/C15H20O2S2/c1-3-18-10-12-4-6-13(7-5-12)14(16)17-15(2)8-9-19-11-15/h4-7H,3,8-11H2,1-2H3/t15-/m0/s1. The number of ether oxygens (including phenoxy) is 1. The average molecular weight is 296 g/mol. The van der Waals surface area contributed by atoms with E-state index >= 15 is 0 Å². The molecule has 0 saturated carbocycles. The van der Waals surface area contributed by atoms with Crippen LogP contribution in [0.25, 0.3) is 0 Å². The van der Waals surface area contributed by atoms with E-state index < -0.39 is 0 Å². The summed E-state index contributed by atoms with van der Waals surface area (Å²) in [5.74, 6) is 3.90. The predicted molar refractivity (Wildman–Crippen MR) is 84.0 cm³/mol. The van der Waals surface area contributed by atoms with Gasteiger partial charge in [-0.25, -0.2) is 4.79 Å². The maximum Gasteiger partial charge on any atom is 0.338 e. The van der Waals surface area contributed by atoms with Crippen molar-refractivity contribution in [2.45, 2.75) is 31.6 Å². The summed E-state index contributed by atoms with van der Waals surface area (Å²) in [6, 6.07) is 7.79. The Morgan fingerprint density at radius 3 is 2.74 bits per heavy atom. The van der Waals surface area contributed by atoms with Crippen molar-refractivity contribution in [1.29, 1.82) is 0 Å². The van der Waals surface area contributed by atoms with Crippen LogP contribution in [0.2, 0.25) is 0 Å². The van der Waals surface area contributed by atoms with Crippen LogP contribution >= 0.6 is 23.5 Å². The van der Waals surface area contributed by atoms with Gasteiger partial charge >= 0.3 is 5.97 Å². The SMILES string of the molecule is CCSCc1ccc(C(=O)O[C@@]2(C)CCSC2)cc1. The Hall–Kier alpha value is -0.610. The number of rotatable bonds is 5. The molecule has 0 aliphatic carbocycles. The molecule has 0 N–H and O–H groups in total. The van der Waals surface area contributed by atoms with E-state index in [0.717, 1.165) is 29.4 Å². The van der Waals surface area contributed by atoms with Crippen LogP contribution in [0.4, 0.5) is 0 Å². The van der Waals surface area contributed by atoms with Gasteiger partial charge in [0.15, 0.2) is 0 Å². The minimum Gasteiger partial charge on any atom is -0.455 e. The van der Waals surface area contributed by atoms with Crippen molar-refractivity contribution < 1.29 is 9.53 Å². The highest BCUT2D eigenvalue weighted by Crippen LogP contribution is 2.31. The Kier molecular flexibility index (Phi) is 5.22. The van der Waals surface area contributed by atoms with Crippen molar-refractivity contribution >= 4 is 29.5 Å². The number of carbonyl (C=O) groups excluding carboxylic acids is 1. The van der Waals surface area contributed by atoms with Gasteiger partial charge in [0.25, 0.3) is 0 Å². The molecule has 0 spiro atoms. The Balaban J connectivity index is 1.95. The molecule has 0 bridgehead atoms. The molecule has 1 saturated heterocycles. The lowest BCUT2D eigenvalue weighted by Gasteiger charge is -2.23. The highest BCUT2D eigenvalue weighted by Gasteiger charge is 2.33. The van der Waals surface area contributed by atoms with E-state index in [-0.39, 0.29) is 11.6 Å². The molecule has 0 radical (unpaired) electrons. The minimum absolute atomic E-state index is 0.195. The Labute approximate surface area is 123 Å². The minimum atomic E-state index is -0.279. The molecule has 0 unspecified atom stereocenters. The van der Waals surface area contributed by atoms with E-state index in [1.807, 2.05) is 54.7 Å². The monoisotopic (exact) mass is 296 g/mol. The quantitative estimate of drug-likeness (QED) is 0.767. The van der Waals surface area contributed by atoms with Gasteiger partial charge in [-0.3, -0.25) is 0 Å². The third kappa shape index (κ3) is 4.18. The van der Waals surface area contributed by atoms with Gasteiger partial charge in [-0.1, -0.05) is 19.1 Å². The van der Waals surface area contributed by atoms with Crippen molar-refractivity contribution in [3.8, 4) is 0 Å². The second kappa shape index (κ2) is 6.71. The van der Waals surface area contributed by atoms with E-state index in [4.69, 9.17) is 4.74 Å². The number of hydrogen-bond donors (Lipinski definition) is 0. The number of hydrogen-bond acceptors (Lipinski definition) is 4. The molecule has 0 amide bonds. The Bertz CT molecular complexity index is 422. The lowest BCUT2D eigenvalue weighted by atomic mass is 10.1. The summed E-state index contributed by atoms with van der Waals surface area (Å²) in [4.78, 5) is 12.1. The van der Waals surface area contributed by atoms with E-state index in [1.54, 1.807) is 0 Å². The Morgan fingerprint density at radius 2 is 2.16 bits per heavy atom. The highest BCUT2D eigenvalue weighted by atomic mass is 32.2. The van der Waals surface area contributed by atoms with Crippen LogP contribution in [-0.4, -0.2) is 28.8 Å². The fraction of sp³-hybridized carbons (Fsp3) is 0.533. The molecule has 4 heteroatoms. The number of carbonyl (C=O) groups is 1. The summed E-state index contributed by atoms with van der Waals surface area (Å²) in [6.07, 6.45) is 0.953. The molecule has 1 atom stereocenters. The van der Waals surface area contributed by atoms with Gasteiger partial charge in [0.1, 0.15) is 5.60 Å². The lowest BCUT2D eigenvalue weighted by Crippen LogP contribution is -2.31. The van der Waals surface area contributed by atoms with Gasteiger partial charge < -0.3 is 4.74 Å². The average Bonchev–Trinajstić information content (AvgIpc) is 2.83. The highest BCUT2D eigenvalue weighted by molar-refractivity contribution is 7.99. The molecule has 1 fully saturated rings. The van der Waals surface area contributed by atoms with Crippen molar-refractivity contribution in [2.75, 3.05) is 17.3 Å². The zero-order valence-electron chi connectivity index (χ0n) is 11.5. The first-order valence-electron chi connectivity index (χ1n) is 6.61. The van der Waals surface area contributed by atoms with E-state index in [9.17, 15) is 4.79 Å². The second-order valence-corrected chi connectivity index (χ2v) is 7.36. The molecule has 2 rings (SSSR count).